The molecule has 0 aliphatic rings. The average Bonchev–Trinajstić information content (AvgIpc) is 2.38. The second-order valence-corrected chi connectivity index (χ2v) is 6.25. The van der Waals surface area contributed by atoms with Crippen molar-refractivity contribution in [3.05, 3.63) is 23.8 Å². The fraction of sp³-hybridized carbons (Fsp3) is 0.462. The Labute approximate surface area is 123 Å². The van der Waals surface area contributed by atoms with Crippen LogP contribution in [-0.2, 0) is 14.8 Å². The van der Waals surface area contributed by atoms with Gasteiger partial charge in [0.1, 0.15) is 11.8 Å². The van der Waals surface area contributed by atoms with Crippen molar-refractivity contribution < 1.29 is 28.2 Å². The molecule has 118 valence electrons. The summed E-state index contributed by atoms with van der Waals surface area (Å²) in [5.41, 5.74) is 0.614. The summed E-state index contributed by atoms with van der Waals surface area (Å²) in [6.45, 7) is 5.15. The molecule has 1 aromatic carbocycles. The van der Waals surface area contributed by atoms with Gasteiger partial charge in [0, 0.05) is 0 Å². The summed E-state index contributed by atoms with van der Waals surface area (Å²) in [6, 6.07) is 2.60. The van der Waals surface area contributed by atoms with Crippen molar-refractivity contribution in [2.75, 3.05) is 6.61 Å². The number of sulfonamides is 1. The summed E-state index contributed by atoms with van der Waals surface area (Å²) in [5.74, 6) is -0.891. The molecular weight excluding hydrogens is 298 g/mol. The van der Waals surface area contributed by atoms with Gasteiger partial charge >= 0.3 is 5.97 Å². The molecule has 0 radical (unpaired) electrons. The van der Waals surface area contributed by atoms with Crippen LogP contribution in [-0.4, -0.2) is 43.4 Å². The number of aliphatic hydroxyl groups excluding tert-OH is 1. The standard InChI is InChI=1S/C13H19NO6S/c1-4-20-11-6-5-10(7-8(11)2)21(18,19)14-12(9(3)15)13(16)17/h5-7,9,12,14-15H,4H2,1-3H3,(H,16,17). The Balaban J connectivity index is 3.08. The molecule has 0 spiro atoms. The molecule has 0 heterocycles. The van der Waals surface area contributed by atoms with Crippen LogP contribution in [0.5, 0.6) is 5.75 Å². The fourth-order valence-electron chi connectivity index (χ4n) is 1.70. The Morgan fingerprint density at radius 1 is 1.43 bits per heavy atom. The highest BCUT2D eigenvalue weighted by molar-refractivity contribution is 7.89. The molecule has 0 bridgehead atoms. The van der Waals surface area contributed by atoms with Crippen LogP contribution in [0.25, 0.3) is 0 Å². The number of hydrogen-bond acceptors (Lipinski definition) is 5. The molecule has 3 N–H and O–H groups in total. The van der Waals surface area contributed by atoms with Crippen molar-refractivity contribution in [2.24, 2.45) is 0 Å². The van der Waals surface area contributed by atoms with Crippen LogP contribution in [0, 0.1) is 6.92 Å². The predicted octanol–water partition coefficient (Wildman–Crippen LogP) is 0.506. The number of aliphatic carboxylic acids is 1. The molecule has 1 aromatic rings. The number of carbonyl (C=O) groups is 1. The molecule has 0 saturated heterocycles. The van der Waals surface area contributed by atoms with Crippen LogP contribution in [0.4, 0.5) is 0 Å². The van der Waals surface area contributed by atoms with E-state index in [9.17, 15) is 18.3 Å². The smallest absolute Gasteiger partial charge is 0.324 e. The minimum absolute atomic E-state index is 0.0876. The van der Waals surface area contributed by atoms with Crippen molar-refractivity contribution in [3.63, 3.8) is 0 Å². The summed E-state index contributed by atoms with van der Waals surface area (Å²) in [6.07, 6.45) is -1.36. The normalized spacial score (nSPS) is 14.5. The SMILES string of the molecule is CCOc1ccc(S(=O)(=O)NC(C(=O)O)C(C)O)cc1C. The maximum Gasteiger partial charge on any atom is 0.324 e. The van der Waals surface area contributed by atoms with Gasteiger partial charge in [-0.25, -0.2) is 8.42 Å². The summed E-state index contributed by atoms with van der Waals surface area (Å²) < 4.78 is 31.6. The molecule has 0 saturated carbocycles. The van der Waals surface area contributed by atoms with Crippen LogP contribution in [0.15, 0.2) is 23.1 Å². The van der Waals surface area contributed by atoms with Crippen LogP contribution in [0.3, 0.4) is 0 Å². The topological polar surface area (TPSA) is 113 Å². The Kier molecular flexibility index (Phi) is 5.70. The van der Waals surface area contributed by atoms with E-state index in [2.05, 4.69) is 0 Å². The van der Waals surface area contributed by atoms with Crippen molar-refractivity contribution in [2.45, 2.75) is 37.8 Å². The molecule has 7 nitrogen and oxygen atoms in total. The van der Waals surface area contributed by atoms with Gasteiger partial charge in [0.05, 0.1) is 17.6 Å². The lowest BCUT2D eigenvalue weighted by Crippen LogP contribution is -2.47. The van der Waals surface area contributed by atoms with Crippen LogP contribution in [0.2, 0.25) is 0 Å². The lowest BCUT2D eigenvalue weighted by molar-refractivity contribution is -0.141. The third-order valence-electron chi connectivity index (χ3n) is 2.79. The monoisotopic (exact) mass is 317 g/mol. The number of carboxylic acids is 1. The Morgan fingerprint density at radius 3 is 2.48 bits per heavy atom. The van der Waals surface area contributed by atoms with E-state index in [-0.39, 0.29) is 4.90 Å². The molecule has 21 heavy (non-hydrogen) atoms. The molecule has 0 fully saturated rings. The number of aliphatic hydroxyl groups is 1. The van der Waals surface area contributed by atoms with Gasteiger partial charge in [0.2, 0.25) is 10.0 Å². The van der Waals surface area contributed by atoms with Gasteiger partial charge in [-0.3, -0.25) is 4.79 Å². The van der Waals surface area contributed by atoms with E-state index in [0.29, 0.717) is 17.9 Å². The Bertz CT molecular complexity index is 611. The van der Waals surface area contributed by atoms with Crippen molar-refractivity contribution >= 4 is 16.0 Å². The van der Waals surface area contributed by atoms with Crippen LogP contribution >= 0.6 is 0 Å². The largest absolute Gasteiger partial charge is 0.494 e. The minimum atomic E-state index is -4.05. The zero-order valence-electron chi connectivity index (χ0n) is 12.0. The Hall–Kier alpha value is -1.64. The molecule has 2 atom stereocenters. The van der Waals surface area contributed by atoms with E-state index in [1.807, 2.05) is 11.6 Å². The summed E-state index contributed by atoms with van der Waals surface area (Å²) in [7, 11) is -4.05. The number of nitrogens with one attached hydrogen (secondary N) is 1. The molecule has 2 unspecified atom stereocenters. The maximum atomic E-state index is 12.1. The summed E-state index contributed by atoms with van der Waals surface area (Å²) in [5, 5.41) is 18.2. The zero-order chi connectivity index (χ0) is 16.2. The Morgan fingerprint density at radius 2 is 2.05 bits per heavy atom. The van der Waals surface area contributed by atoms with Crippen molar-refractivity contribution in [1.29, 1.82) is 0 Å². The van der Waals surface area contributed by atoms with E-state index < -0.39 is 28.1 Å². The highest BCUT2D eigenvalue weighted by Gasteiger charge is 2.29. The third kappa shape index (κ3) is 4.42. The minimum Gasteiger partial charge on any atom is -0.494 e. The molecule has 0 aromatic heterocycles. The van der Waals surface area contributed by atoms with E-state index in [0.717, 1.165) is 0 Å². The first-order valence-electron chi connectivity index (χ1n) is 6.35. The molecule has 8 heteroatoms. The van der Waals surface area contributed by atoms with Gasteiger partial charge in [-0.15, -0.1) is 0 Å². The molecule has 1 rings (SSSR count). The first-order chi connectivity index (χ1) is 9.69. The number of aryl methyl sites for hydroxylation is 1. The van der Waals surface area contributed by atoms with Crippen molar-refractivity contribution in [3.8, 4) is 5.75 Å². The van der Waals surface area contributed by atoms with E-state index in [1.54, 1.807) is 6.92 Å². The second kappa shape index (κ2) is 6.88. The predicted molar refractivity (Wildman–Crippen MR) is 75.8 cm³/mol. The third-order valence-corrected chi connectivity index (χ3v) is 4.23. The summed E-state index contributed by atoms with van der Waals surface area (Å²) >= 11 is 0. The zero-order valence-corrected chi connectivity index (χ0v) is 12.8. The number of benzene rings is 1. The van der Waals surface area contributed by atoms with Gasteiger partial charge in [0.25, 0.3) is 0 Å². The van der Waals surface area contributed by atoms with Gasteiger partial charge in [-0.05, 0) is 44.5 Å². The van der Waals surface area contributed by atoms with Crippen molar-refractivity contribution in [1.82, 2.24) is 4.72 Å². The van der Waals surface area contributed by atoms with E-state index >= 15 is 0 Å². The number of rotatable bonds is 7. The van der Waals surface area contributed by atoms with E-state index in [1.165, 1.54) is 25.1 Å². The molecular formula is C13H19NO6S. The molecule has 0 amide bonds. The first-order valence-corrected chi connectivity index (χ1v) is 7.84. The lowest BCUT2D eigenvalue weighted by Gasteiger charge is -2.17. The lowest BCUT2D eigenvalue weighted by atomic mass is 10.2. The quantitative estimate of drug-likeness (QED) is 0.675. The maximum absolute atomic E-state index is 12.1. The second-order valence-electron chi connectivity index (χ2n) is 4.54. The van der Waals surface area contributed by atoms with E-state index in [4.69, 9.17) is 9.84 Å². The van der Waals surface area contributed by atoms with Gasteiger partial charge in [0.15, 0.2) is 0 Å². The highest BCUT2D eigenvalue weighted by Crippen LogP contribution is 2.22. The fourth-order valence-corrected chi connectivity index (χ4v) is 3.04. The number of carboxylic acid groups (broad SMARTS) is 1. The average molecular weight is 317 g/mol. The molecule has 0 aliphatic carbocycles. The molecule has 0 aliphatic heterocycles. The highest BCUT2D eigenvalue weighted by atomic mass is 32.2. The van der Waals surface area contributed by atoms with Gasteiger partial charge in [-0.2, -0.15) is 4.72 Å². The van der Waals surface area contributed by atoms with Crippen LogP contribution in [0.1, 0.15) is 19.4 Å². The first kappa shape index (κ1) is 17.4. The number of hydrogen-bond donors (Lipinski definition) is 3. The van der Waals surface area contributed by atoms with Gasteiger partial charge in [-0.1, -0.05) is 0 Å². The summed E-state index contributed by atoms with van der Waals surface area (Å²) in [4.78, 5) is 10.9. The number of ether oxygens (including phenoxy) is 1. The van der Waals surface area contributed by atoms with Crippen LogP contribution < -0.4 is 9.46 Å². The van der Waals surface area contributed by atoms with Gasteiger partial charge < -0.3 is 14.9 Å².